The second-order valence-electron chi connectivity index (χ2n) is 6.74. The average molecular weight is 462 g/mol. The number of anilines is 1. The Morgan fingerprint density at radius 3 is 2.27 bits per heavy atom. The maximum absolute atomic E-state index is 13.0. The summed E-state index contributed by atoms with van der Waals surface area (Å²) in [5.41, 5.74) is -0.426. The molecule has 1 amide bonds. The van der Waals surface area contributed by atoms with E-state index in [1.54, 1.807) is 29.2 Å². The number of nitrogens with zero attached hydrogens (tertiary/aromatic N) is 2. The molecular weight excluding hydrogens is 443 g/mol. The molecule has 1 fully saturated rings. The third-order valence-electron chi connectivity index (χ3n) is 4.63. The molecule has 1 aliphatic rings. The Morgan fingerprint density at radius 2 is 1.67 bits per heavy atom. The van der Waals surface area contributed by atoms with E-state index in [4.69, 9.17) is 11.6 Å². The number of nitrogens with one attached hydrogen (secondary N) is 1. The molecule has 1 aliphatic heterocycles. The van der Waals surface area contributed by atoms with Gasteiger partial charge in [0, 0.05) is 31.9 Å². The summed E-state index contributed by atoms with van der Waals surface area (Å²) in [4.78, 5) is 13.3. The number of carbonyl (C=O) groups excluding carboxylic acids is 1. The second-order valence-corrected chi connectivity index (χ2v) is 9.05. The van der Waals surface area contributed by atoms with Gasteiger partial charge in [0.05, 0.1) is 17.1 Å². The lowest BCUT2D eigenvalue weighted by Crippen LogP contribution is -2.50. The Balaban J connectivity index is 1.63. The zero-order valence-electron chi connectivity index (χ0n) is 15.7. The zero-order valence-corrected chi connectivity index (χ0v) is 17.3. The molecule has 3 rings (SSSR count). The molecule has 0 aliphatic carbocycles. The number of amides is 1. The van der Waals surface area contributed by atoms with Crippen molar-refractivity contribution < 1.29 is 26.4 Å². The Labute approximate surface area is 177 Å². The number of alkyl halides is 3. The number of sulfonamides is 1. The van der Waals surface area contributed by atoms with Gasteiger partial charge in [-0.3, -0.25) is 9.69 Å². The predicted molar refractivity (Wildman–Crippen MR) is 107 cm³/mol. The largest absolute Gasteiger partial charge is 0.416 e. The van der Waals surface area contributed by atoms with Gasteiger partial charge in [-0.1, -0.05) is 29.8 Å². The summed E-state index contributed by atoms with van der Waals surface area (Å²) in [6.07, 6.45) is -4.68. The van der Waals surface area contributed by atoms with Crippen LogP contribution in [0.4, 0.5) is 18.9 Å². The predicted octanol–water partition coefficient (Wildman–Crippen LogP) is 3.30. The zero-order chi connectivity index (χ0) is 21.9. The van der Waals surface area contributed by atoms with Crippen LogP contribution >= 0.6 is 11.6 Å². The van der Waals surface area contributed by atoms with Gasteiger partial charge in [-0.15, -0.1) is 0 Å². The van der Waals surface area contributed by atoms with E-state index in [0.29, 0.717) is 11.8 Å². The molecule has 1 N–H and O–H groups in total. The number of para-hydroxylation sites is 1. The van der Waals surface area contributed by atoms with Crippen LogP contribution in [0.3, 0.4) is 0 Å². The highest BCUT2D eigenvalue weighted by Gasteiger charge is 2.35. The van der Waals surface area contributed by atoms with Crippen molar-refractivity contribution in [3.8, 4) is 0 Å². The smallest absolute Gasteiger partial charge is 0.325 e. The quantitative estimate of drug-likeness (QED) is 0.741. The van der Waals surface area contributed by atoms with Gasteiger partial charge in [-0.05, 0) is 30.3 Å². The van der Waals surface area contributed by atoms with Crippen LogP contribution in [-0.4, -0.2) is 56.3 Å². The summed E-state index contributed by atoms with van der Waals surface area (Å²) in [7, 11) is -4.20. The normalized spacial score (nSPS) is 16.4. The number of piperazine rings is 1. The Morgan fingerprint density at radius 1 is 1.03 bits per heavy atom. The Hall–Kier alpha value is -2.14. The molecule has 0 aromatic heterocycles. The summed E-state index contributed by atoms with van der Waals surface area (Å²) in [5, 5.41) is 2.48. The highest BCUT2D eigenvalue weighted by Crippen LogP contribution is 2.34. The molecule has 0 atom stereocenters. The molecule has 30 heavy (non-hydrogen) atoms. The first-order valence-electron chi connectivity index (χ1n) is 9.01. The third kappa shape index (κ3) is 5.31. The summed E-state index contributed by atoms with van der Waals surface area (Å²) in [5.74, 6) is -0.238. The summed E-state index contributed by atoms with van der Waals surface area (Å²) >= 11 is 5.89. The molecule has 2 aromatic carbocycles. The average Bonchev–Trinajstić information content (AvgIpc) is 2.68. The van der Waals surface area contributed by atoms with E-state index in [1.165, 1.54) is 0 Å². The Bertz CT molecular complexity index is 1010. The van der Waals surface area contributed by atoms with Crippen LogP contribution in [0.15, 0.2) is 53.4 Å². The van der Waals surface area contributed by atoms with E-state index in [2.05, 4.69) is 5.32 Å². The van der Waals surface area contributed by atoms with Crippen molar-refractivity contribution in [2.24, 2.45) is 0 Å². The van der Waals surface area contributed by atoms with E-state index < -0.39 is 26.7 Å². The van der Waals surface area contributed by atoms with Gasteiger partial charge in [0.2, 0.25) is 15.9 Å². The van der Waals surface area contributed by atoms with Crippen molar-refractivity contribution in [2.75, 3.05) is 38.0 Å². The summed E-state index contributed by atoms with van der Waals surface area (Å²) in [6.45, 7) is 0.671. The van der Waals surface area contributed by atoms with Gasteiger partial charge in [-0.25, -0.2) is 8.42 Å². The van der Waals surface area contributed by atoms with Crippen molar-refractivity contribution in [3.05, 3.63) is 59.1 Å². The number of hydrogen-bond donors (Lipinski definition) is 1. The first-order valence-corrected chi connectivity index (χ1v) is 10.8. The van der Waals surface area contributed by atoms with E-state index in [-0.39, 0.29) is 43.7 Å². The fourth-order valence-electron chi connectivity index (χ4n) is 3.07. The minimum atomic E-state index is -4.68. The molecule has 0 spiro atoms. The molecule has 0 unspecified atom stereocenters. The van der Waals surface area contributed by atoms with Crippen LogP contribution in [0.5, 0.6) is 0 Å². The standard InChI is InChI=1S/C19H19ClF3N3O3S/c20-16-7-6-14(19(21,22)23)12-17(16)30(28,29)26-10-8-25(9-11-26)13-18(27)24-15-4-2-1-3-5-15/h1-7,12H,8-11,13H2,(H,24,27). The maximum atomic E-state index is 13.0. The molecular formula is C19H19ClF3N3O3S. The molecule has 2 aromatic rings. The molecule has 1 saturated heterocycles. The lowest BCUT2D eigenvalue weighted by molar-refractivity contribution is -0.137. The molecule has 0 saturated carbocycles. The fraction of sp³-hybridized carbons (Fsp3) is 0.316. The second kappa shape index (κ2) is 8.93. The van der Waals surface area contributed by atoms with Crippen LogP contribution in [0.25, 0.3) is 0 Å². The van der Waals surface area contributed by atoms with E-state index >= 15 is 0 Å². The van der Waals surface area contributed by atoms with Crippen molar-refractivity contribution in [1.29, 1.82) is 0 Å². The van der Waals surface area contributed by atoms with Crippen LogP contribution < -0.4 is 5.32 Å². The number of carbonyl (C=O) groups is 1. The van der Waals surface area contributed by atoms with Crippen LogP contribution in [0.2, 0.25) is 5.02 Å². The van der Waals surface area contributed by atoms with Gasteiger partial charge < -0.3 is 5.32 Å². The van der Waals surface area contributed by atoms with Gasteiger partial charge in [0.25, 0.3) is 0 Å². The minimum Gasteiger partial charge on any atom is -0.325 e. The van der Waals surface area contributed by atoms with E-state index in [9.17, 15) is 26.4 Å². The fourth-order valence-corrected chi connectivity index (χ4v) is 4.99. The monoisotopic (exact) mass is 461 g/mol. The van der Waals surface area contributed by atoms with Gasteiger partial charge in [-0.2, -0.15) is 17.5 Å². The van der Waals surface area contributed by atoms with E-state index in [1.807, 2.05) is 6.07 Å². The molecule has 1 heterocycles. The molecule has 162 valence electrons. The van der Waals surface area contributed by atoms with Gasteiger partial charge in [0.1, 0.15) is 4.90 Å². The number of hydrogen-bond acceptors (Lipinski definition) is 4. The SMILES string of the molecule is O=C(CN1CCN(S(=O)(=O)c2cc(C(F)(F)F)ccc2Cl)CC1)Nc1ccccc1. The van der Waals surface area contributed by atoms with Crippen LogP contribution in [-0.2, 0) is 21.0 Å². The lowest BCUT2D eigenvalue weighted by Gasteiger charge is -2.33. The summed E-state index contributed by atoms with van der Waals surface area (Å²) in [6, 6.07) is 11.1. The number of rotatable bonds is 5. The number of benzene rings is 2. The topological polar surface area (TPSA) is 69.7 Å². The number of halogens is 4. The van der Waals surface area contributed by atoms with Gasteiger partial charge >= 0.3 is 6.18 Å². The molecule has 0 bridgehead atoms. The van der Waals surface area contributed by atoms with Crippen molar-refractivity contribution in [1.82, 2.24) is 9.21 Å². The minimum absolute atomic E-state index is 0.0352. The molecule has 6 nitrogen and oxygen atoms in total. The highest BCUT2D eigenvalue weighted by atomic mass is 35.5. The summed E-state index contributed by atoms with van der Waals surface area (Å²) < 4.78 is 65.6. The van der Waals surface area contributed by atoms with Crippen molar-refractivity contribution in [2.45, 2.75) is 11.1 Å². The van der Waals surface area contributed by atoms with Crippen molar-refractivity contribution in [3.63, 3.8) is 0 Å². The molecule has 0 radical (unpaired) electrons. The molecule has 11 heteroatoms. The maximum Gasteiger partial charge on any atom is 0.416 e. The first kappa shape index (κ1) is 22.5. The first-order chi connectivity index (χ1) is 14.1. The Kier molecular flexibility index (Phi) is 6.71. The van der Waals surface area contributed by atoms with Crippen LogP contribution in [0.1, 0.15) is 5.56 Å². The highest BCUT2D eigenvalue weighted by molar-refractivity contribution is 7.89. The third-order valence-corrected chi connectivity index (χ3v) is 7.01. The van der Waals surface area contributed by atoms with Crippen LogP contribution in [0, 0.1) is 0 Å². The van der Waals surface area contributed by atoms with E-state index in [0.717, 1.165) is 16.4 Å². The van der Waals surface area contributed by atoms with Gasteiger partial charge in [0.15, 0.2) is 0 Å². The lowest BCUT2D eigenvalue weighted by atomic mass is 10.2. The van der Waals surface area contributed by atoms with Crippen molar-refractivity contribution >= 4 is 33.2 Å².